The van der Waals surface area contributed by atoms with Crippen molar-refractivity contribution >= 4 is 0 Å². The molecule has 0 unspecified atom stereocenters. The van der Waals surface area contributed by atoms with E-state index >= 15 is 0 Å². The normalized spacial score (nSPS) is 19.3. The zero-order chi connectivity index (χ0) is 25.1. The van der Waals surface area contributed by atoms with Gasteiger partial charge in [0, 0.05) is 42.9 Å². The van der Waals surface area contributed by atoms with Crippen LogP contribution in [0.4, 0.5) is 0 Å². The van der Waals surface area contributed by atoms with Gasteiger partial charge in [-0.05, 0) is 101 Å². The number of hydrogen-bond acceptors (Lipinski definition) is 4. The smallest absolute Gasteiger partial charge is 0.0413 e. The number of allylic oxidation sites excluding steroid dienone is 9. The molecule has 2 saturated heterocycles. The Hall–Kier alpha value is -2.72. The molecule has 2 heterocycles. The fourth-order valence-corrected chi connectivity index (χ4v) is 4.61. The molecule has 2 aliphatic heterocycles. The SMILES string of the molecule is C=C/C=C(\C(C)=C(/C)NC(=C)C(=C)C(=C)/C(=C\C=C(/C)C1CCNCC1)NC)N1CCCCC1. The standard InChI is InChI=1S/C30H46N4/c1-9-13-30(34-20-11-10-12-21-34)25(5)27(7)33-26(6)23(3)24(4)29(31-8)15-14-22(2)28-16-18-32-19-17-28/h9,13-15,28,31-33H,1,3-4,6,10-12,16-21H2,2,5,7-8H3/b22-14+,27-25+,29-15+,30-13+. The van der Waals surface area contributed by atoms with Crippen molar-refractivity contribution in [1.29, 1.82) is 0 Å². The summed E-state index contributed by atoms with van der Waals surface area (Å²) in [6, 6.07) is 0. The van der Waals surface area contributed by atoms with E-state index in [1.165, 1.54) is 48.9 Å². The summed E-state index contributed by atoms with van der Waals surface area (Å²) < 4.78 is 0. The van der Waals surface area contributed by atoms with Gasteiger partial charge in [-0.3, -0.25) is 0 Å². The first-order valence-electron chi connectivity index (χ1n) is 12.7. The molecule has 3 N–H and O–H groups in total. The number of nitrogens with zero attached hydrogens (tertiary/aromatic N) is 1. The average molecular weight is 463 g/mol. The van der Waals surface area contributed by atoms with Crippen LogP contribution in [-0.2, 0) is 0 Å². The van der Waals surface area contributed by atoms with Crippen LogP contribution in [0, 0.1) is 5.92 Å². The van der Waals surface area contributed by atoms with Crippen LogP contribution in [0.5, 0.6) is 0 Å². The average Bonchev–Trinajstić information content (AvgIpc) is 2.87. The molecule has 2 rings (SSSR count). The van der Waals surface area contributed by atoms with Crippen LogP contribution in [0.25, 0.3) is 0 Å². The molecule has 4 heteroatoms. The third-order valence-corrected chi connectivity index (χ3v) is 7.08. The fraction of sp³-hybridized carbons (Fsp3) is 0.467. The van der Waals surface area contributed by atoms with Crippen molar-refractivity contribution in [1.82, 2.24) is 20.9 Å². The van der Waals surface area contributed by atoms with E-state index < -0.39 is 0 Å². The van der Waals surface area contributed by atoms with Crippen LogP contribution in [0.3, 0.4) is 0 Å². The summed E-state index contributed by atoms with van der Waals surface area (Å²) in [4.78, 5) is 2.46. The van der Waals surface area contributed by atoms with Gasteiger partial charge in [-0.1, -0.05) is 44.0 Å². The highest BCUT2D eigenvalue weighted by Crippen LogP contribution is 2.25. The van der Waals surface area contributed by atoms with E-state index in [-0.39, 0.29) is 0 Å². The third-order valence-electron chi connectivity index (χ3n) is 7.08. The lowest BCUT2D eigenvalue weighted by molar-refractivity contribution is 0.289. The van der Waals surface area contributed by atoms with Gasteiger partial charge in [-0.2, -0.15) is 0 Å². The fourth-order valence-electron chi connectivity index (χ4n) is 4.61. The van der Waals surface area contributed by atoms with Gasteiger partial charge in [0.05, 0.1) is 0 Å². The predicted molar refractivity (Wildman–Crippen MR) is 149 cm³/mol. The third kappa shape index (κ3) is 7.66. The van der Waals surface area contributed by atoms with Gasteiger partial charge in [0.1, 0.15) is 0 Å². The lowest BCUT2D eigenvalue weighted by atomic mass is 9.90. The lowest BCUT2D eigenvalue weighted by Gasteiger charge is -2.32. The largest absolute Gasteiger partial charge is 0.388 e. The molecule has 2 aliphatic rings. The topological polar surface area (TPSA) is 39.3 Å². The minimum absolute atomic E-state index is 0.650. The summed E-state index contributed by atoms with van der Waals surface area (Å²) in [5, 5.41) is 10.2. The van der Waals surface area contributed by atoms with E-state index in [1.54, 1.807) is 0 Å². The van der Waals surface area contributed by atoms with Crippen molar-refractivity contribution in [3.05, 3.63) is 95.7 Å². The number of rotatable bonds is 11. The molecule has 34 heavy (non-hydrogen) atoms. The van der Waals surface area contributed by atoms with Crippen molar-refractivity contribution in [3.63, 3.8) is 0 Å². The van der Waals surface area contributed by atoms with Crippen molar-refractivity contribution in [2.75, 3.05) is 33.2 Å². The van der Waals surface area contributed by atoms with Gasteiger partial charge in [-0.25, -0.2) is 0 Å². The number of likely N-dealkylation sites (tertiary alicyclic amines) is 1. The Morgan fingerprint density at radius 3 is 2.15 bits per heavy atom. The van der Waals surface area contributed by atoms with Gasteiger partial charge in [0.2, 0.25) is 0 Å². The molecule has 2 fully saturated rings. The zero-order valence-electron chi connectivity index (χ0n) is 22.0. The Morgan fingerprint density at radius 2 is 1.56 bits per heavy atom. The van der Waals surface area contributed by atoms with Gasteiger partial charge >= 0.3 is 0 Å². The molecule has 0 aliphatic carbocycles. The number of hydrogen-bond donors (Lipinski definition) is 3. The number of nitrogens with one attached hydrogen (secondary N) is 3. The Balaban J connectivity index is 2.11. The van der Waals surface area contributed by atoms with Gasteiger partial charge in [0.25, 0.3) is 0 Å². The Morgan fingerprint density at radius 1 is 0.912 bits per heavy atom. The summed E-state index contributed by atoms with van der Waals surface area (Å²) in [5.41, 5.74) is 8.27. The second-order valence-corrected chi connectivity index (χ2v) is 9.41. The summed E-state index contributed by atoms with van der Waals surface area (Å²) >= 11 is 0. The van der Waals surface area contributed by atoms with E-state index in [0.29, 0.717) is 5.92 Å². The van der Waals surface area contributed by atoms with Crippen LogP contribution in [0.2, 0.25) is 0 Å². The monoisotopic (exact) mass is 462 g/mol. The Labute approximate surface area is 208 Å². The van der Waals surface area contributed by atoms with Gasteiger partial charge < -0.3 is 20.9 Å². The van der Waals surface area contributed by atoms with Crippen molar-refractivity contribution in [2.45, 2.75) is 52.9 Å². The van der Waals surface area contributed by atoms with E-state index in [4.69, 9.17) is 0 Å². The Bertz CT molecular complexity index is 885. The lowest BCUT2D eigenvalue weighted by Crippen LogP contribution is -2.30. The van der Waals surface area contributed by atoms with Crippen molar-refractivity contribution in [2.24, 2.45) is 5.92 Å². The minimum Gasteiger partial charge on any atom is -0.388 e. The maximum atomic E-state index is 4.31. The van der Waals surface area contributed by atoms with Crippen LogP contribution >= 0.6 is 0 Å². The quantitative estimate of drug-likeness (QED) is 0.324. The molecule has 186 valence electrons. The highest BCUT2D eigenvalue weighted by molar-refractivity contribution is 5.53. The highest BCUT2D eigenvalue weighted by atomic mass is 15.1. The molecule has 0 spiro atoms. The van der Waals surface area contributed by atoms with E-state index in [0.717, 1.165) is 54.4 Å². The molecule has 4 nitrogen and oxygen atoms in total. The Kier molecular flexibility index (Phi) is 11.2. The predicted octanol–water partition coefficient (Wildman–Crippen LogP) is 6.10. The maximum absolute atomic E-state index is 4.31. The summed E-state index contributed by atoms with van der Waals surface area (Å²) in [6.07, 6.45) is 14.5. The summed E-state index contributed by atoms with van der Waals surface area (Å²) in [6.45, 7) is 27.7. The molecular weight excluding hydrogens is 416 g/mol. The van der Waals surface area contributed by atoms with Crippen molar-refractivity contribution in [3.8, 4) is 0 Å². The number of piperidine rings is 2. The minimum atomic E-state index is 0.650. The summed E-state index contributed by atoms with van der Waals surface area (Å²) in [7, 11) is 1.93. The van der Waals surface area contributed by atoms with E-state index in [9.17, 15) is 0 Å². The first kappa shape index (κ1) is 27.5. The molecule has 0 bridgehead atoms. The first-order chi connectivity index (χ1) is 16.3. The molecule has 0 saturated carbocycles. The molecule has 0 atom stereocenters. The number of likely N-dealkylation sites (N-methyl/N-ethyl adjacent to an activating group) is 1. The second kappa shape index (κ2) is 13.9. The van der Waals surface area contributed by atoms with Gasteiger partial charge in [0.15, 0.2) is 0 Å². The molecule has 0 aromatic carbocycles. The van der Waals surface area contributed by atoms with Crippen LogP contribution in [-0.4, -0.2) is 38.1 Å². The van der Waals surface area contributed by atoms with Crippen LogP contribution < -0.4 is 16.0 Å². The van der Waals surface area contributed by atoms with E-state index in [2.05, 4.69) is 86.2 Å². The van der Waals surface area contributed by atoms with Gasteiger partial charge in [-0.15, -0.1) is 0 Å². The molecule has 0 amide bonds. The van der Waals surface area contributed by atoms with Crippen molar-refractivity contribution < 1.29 is 0 Å². The van der Waals surface area contributed by atoms with Crippen LogP contribution in [0.1, 0.15) is 52.9 Å². The second-order valence-electron chi connectivity index (χ2n) is 9.41. The highest BCUT2D eigenvalue weighted by Gasteiger charge is 2.17. The molecular formula is C30H46N4. The molecule has 0 aromatic rings. The molecule has 0 radical (unpaired) electrons. The van der Waals surface area contributed by atoms with Crippen LogP contribution in [0.15, 0.2) is 95.7 Å². The maximum Gasteiger partial charge on any atom is 0.0413 e. The molecule has 0 aromatic heterocycles. The zero-order valence-corrected chi connectivity index (χ0v) is 22.0. The van der Waals surface area contributed by atoms with E-state index in [1.807, 2.05) is 13.1 Å². The first-order valence-corrected chi connectivity index (χ1v) is 12.7. The summed E-state index contributed by atoms with van der Waals surface area (Å²) in [5.74, 6) is 0.650.